The summed E-state index contributed by atoms with van der Waals surface area (Å²) in [6, 6.07) is 33.1. The molecule has 1 unspecified atom stereocenters. The van der Waals surface area contributed by atoms with Crippen LogP contribution in [-0.2, 0) is 22.0 Å². The van der Waals surface area contributed by atoms with Crippen molar-refractivity contribution in [2.45, 2.75) is 38.5 Å². The second-order valence-corrected chi connectivity index (χ2v) is 14.8. The first kappa shape index (κ1) is 38.7. The van der Waals surface area contributed by atoms with Crippen LogP contribution in [0.2, 0.25) is 0 Å². The predicted molar refractivity (Wildman–Crippen MR) is 189 cm³/mol. The van der Waals surface area contributed by atoms with E-state index >= 15 is 0 Å². The van der Waals surface area contributed by atoms with Gasteiger partial charge in [0.2, 0.25) is 0 Å². The van der Waals surface area contributed by atoms with E-state index in [4.69, 9.17) is 4.52 Å². The molecule has 9 nitrogen and oxygen atoms in total. The molecule has 50 heavy (non-hydrogen) atoms. The summed E-state index contributed by atoms with van der Waals surface area (Å²) in [5.41, 5.74) is 7.80. The number of amides is 2. The second kappa shape index (κ2) is 16.3. The maximum Gasteiger partial charge on any atom is 1.00 e. The molecule has 0 aliphatic rings. The summed E-state index contributed by atoms with van der Waals surface area (Å²) in [5.74, 6) is -0.697. The van der Waals surface area contributed by atoms with E-state index in [9.17, 15) is 22.6 Å². The molecule has 4 aromatic carbocycles. The Morgan fingerprint density at radius 1 is 0.840 bits per heavy atom. The van der Waals surface area contributed by atoms with Crippen molar-refractivity contribution in [1.29, 1.82) is 0 Å². The smallest absolute Gasteiger partial charge is 0.748 e. The van der Waals surface area contributed by atoms with E-state index in [1.54, 1.807) is 31.1 Å². The summed E-state index contributed by atoms with van der Waals surface area (Å²) >= 11 is 0. The fraction of sp³-hybridized carbons (Fsp3) is 0.256. The van der Waals surface area contributed by atoms with Crippen LogP contribution >= 0.6 is 0 Å². The summed E-state index contributed by atoms with van der Waals surface area (Å²) in [5, 5.41) is 7.00. The number of nitrogens with one attached hydrogen (secondary N) is 1. The van der Waals surface area contributed by atoms with Gasteiger partial charge in [0, 0.05) is 49.3 Å². The van der Waals surface area contributed by atoms with Gasteiger partial charge in [-0.05, 0) is 70.0 Å². The molecule has 0 saturated heterocycles. The van der Waals surface area contributed by atoms with Crippen LogP contribution in [0.15, 0.2) is 108 Å². The van der Waals surface area contributed by atoms with Crippen molar-refractivity contribution in [3.8, 4) is 22.5 Å². The number of carbonyl (C=O) groups is 2. The third-order valence-electron chi connectivity index (χ3n) is 8.38. The van der Waals surface area contributed by atoms with Gasteiger partial charge in [0.15, 0.2) is 5.76 Å². The average molecular weight is 702 g/mol. The van der Waals surface area contributed by atoms with Crippen molar-refractivity contribution >= 4 is 21.9 Å². The van der Waals surface area contributed by atoms with Crippen LogP contribution in [0.1, 0.15) is 69.8 Å². The number of hydrogen-bond donors (Lipinski definition) is 1. The second-order valence-electron chi connectivity index (χ2n) is 13.3. The summed E-state index contributed by atoms with van der Waals surface area (Å²) < 4.78 is 38.5. The molecule has 11 heteroatoms. The fourth-order valence-electron chi connectivity index (χ4n) is 5.53. The van der Waals surface area contributed by atoms with E-state index in [1.807, 2.05) is 66.7 Å². The van der Waals surface area contributed by atoms with Crippen LogP contribution in [-0.4, -0.2) is 61.2 Å². The number of rotatable bonds is 11. The number of hydrogen-bond acceptors (Lipinski definition) is 7. The van der Waals surface area contributed by atoms with Crippen LogP contribution in [0.25, 0.3) is 22.5 Å². The minimum atomic E-state index is -4.41. The normalized spacial score (nSPS) is 12.1. The van der Waals surface area contributed by atoms with Crippen molar-refractivity contribution in [2.24, 2.45) is 0 Å². The zero-order valence-electron chi connectivity index (χ0n) is 29.3. The molecule has 1 atom stereocenters. The van der Waals surface area contributed by atoms with E-state index in [2.05, 4.69) is 55.5 Å². The third-order valence-corrected chi connectivity index (χ3v) is 9.08. The summed E-state index contributed by atoms with van der Waals surface area (Å²) in [6.07, 6.45) is 0.579. The summed E-state index contributed by atoms with van der Waals surface area (Å²) in [7, 11) is -0.954. The van der Waals surface area contributed by atoms with Crippen LogP contribution in [0, 0.1) is 0 Å². The van der Waals surface area contributed by atoms with Gasteiger partial charge in [-0.3, -0.25) is 9.59 Å². The van der Waals surface area contributed by atoms with Gasteiger partial charge in [0.1, 0.15) is 0 Å². The Balaban J connectivity index is 0.00000562. The summed E-state index contributed by atoms with van der Waals surface area (Å²) in [4.78, 5) is 26.4. The molecule has 0 fully saturated rings. The SMILES string of the molecule is CN(C)C(=O)c1ccc(-c2cccc(-c3cc(C(Cc4ccc(C(=O)NCCS(=O)(=O)[O-])cc4)c4ccc(C(C)(C)C)cc4)no3)c2)cc1.[Na+]. The van der Waals surface area contributed by atoms with Crippen molar-refractivity contribution in [2.75, 3.05) is 26.4 Å². The van der Waals surface area contributed by atoms with Crippen LogP contribution in [0.4, 0.5) is 0 Å². The Morgan fingerprint density at radius 3 is 2.06 bits per heavy atom. The summed E-state index contributed by atoms with van der Waals surface area (Å²) in [6.45, 7) is 6.27. The van der Waals surface area contributed by atoms with Gasteiger partial charge in [-0.1, -0.05) is 92.7 Å². The molecule has 0 radical (unpaired) electrons. The Kier molecular flexibility index (Phi) is 12.6. The predicted octanol–water partition coefficient (Wildman–Crippen LogP) is 3.66. The number of carbonyl (C=O) groups excluding carboxylic acids is 2. The Morgan fingerprint density at radius 2 is 1.46 bits per heavy atom. The van der Waals surface area contributed by atoms with E-state index < -0.39 is 21.8 Å². The van der Waals surface area contributed by atoms with Gasteiger partial charge in [-0.15, -0.1) is 0 Å². The first-order valence-electron chi connectivity index (χ1n) is 16.0. The fourth-order valence-corrected chi connectivity index (χ4v) is 5.88. The van der Waals surface area contributed by atoms with Gasteiger partial charge in [-0.25, -0.2) is 8.42 Å². The number of nitrogens with zero attached hydrogens (tertiary/aromatic N) is 2. The van der Waals surface area contributed by atoms with E-state index in [-0.39, 0.29) is 53.3 Å². The maximum absolute atomic E-state index is 12.5. The van der Waals surface area contributed by atoms with Gasteiger partial charge in [0.05, 0.1) is 21.6 Å². The molecular formula is C39H40N3NaO6S. The van der Waals surface area contributed by atoms with Crippen molar-refractivity contribution in [1.82, 2.24) is 15.4 Å². The molecule has 0 bridgehead atoms. The molecule has 0 aliphatic carbocycles. The van der Waals surface area contributed by atoms with E-state index in [1.165, 1.54) is 5.56 Å². The topological polar surface area (TPSA) is 133 Å². The van der Waals surface area contributed by atoms with Crippen molar-refractivity contribution in [3.63, 3.8) is 0 Å². The molecule has 5 rings (SSSR count). The first-order valence-corrected chi connectivity index (χ1v) is 17.6. The minimum absolute atomic E-state index is 0. The van der Waals surface area contributed by atoms with Crippen LogP contribution in [0.5, 0.6) is 0 Å². The van der Waals surface area contributed by atoms with Crippen LogP contribution < -0.4 is 34.9 Å². The van der Waals surface area contributed by atoms with Gasteiger partial charge in [0.25, 0.3) is 11.8 Å². The van der Waals surface area contributed by atoms with Crippen molar-refractivity contribution in [3.05, 3.63) is 137 Å². The Labute approximate surface area is 316 Å². The number of benzene rings is 4. The molecule has 0 aliphatic heterocycles. The maximum atomic E-state index is 12.5. The quantitative estimate of drug-likeness (QED) is 0.164. The van der Waals surface area contributed by atoms with Crippen molar-refractivity contribution < 1.29 is 56.6 Å². The molecule has 0 spiro atoms. The van der Waals surface area contributed by atoms with Gasteiger partial charge >= 0.3 is 29.6 Å². The zero-order chi connectivity index (χ0) is 35.3. The minimum Gasteiger partial charge on any atom is -0.748 e. The largest absolute Gasteiger partial charge is 1.00 e. The molecule has 2 amide bonds. The zero-order valence-corrected chi connectivity index (χ0v) is 32.1. The van der Waals surface area contributed by atoms with Crippen LogP contribution in [0.3, 0.4) is 0 Å². The molecule has 5 aromatic rings. The molecule has 1 heterocycles. The molecular weight excluding hydrogens is 662 g/mol. The third kappa shape index (κ3) is 10.0. The molecule has 0 saturated carbocycles. The van der Waals surface area contributed by atoms with E-state index in [0.29, 0.717) is 23.3 Å². The van der Waals surface area contributed by atoms with Gasteiger partial charge < -0.3 is 19.3 Å². The van der Waals surface area contributed by atoms with Gasteiger partial charge in [-0.2, -0.15) is 0 Å². The molecule has 1 aromatic heterocycles. The molecule has 1 N–H and O–H groups in total. The monoisotopic (exact) mass is 701 g/mol. The standard InChI is InChI=1S/C39H41N3O6S.Na/c1-39(2,3)33-19-17-28(18-20-33)34(23-26-9-11-29(12-10-26)37(43)40-21-22-49(45,46)47)35-25-36(48-41-35)32-8-6-7-31(24-32)27-13-15-30(16-14-27)38(44)42(4)5;/h6-20,24-25,34H,21-23H2,1-5H3,(H,40,43)(H,45,46,47);/q;+1/p-1. The Hall–Kier alpha value is -4.06. The average Bonchev–Trinajstić information content (AvgIpc) is 3.56. The number of aromatic nitrogens is 1. The van der Waals surface area contributed by atoms with E-state index in [0.717, 1.165) is 33.5 Å². The molecule has 254 valence electrons. The Bertz CT molecular complexity index is 2030. The first-order chi connectivity index (χ1) is 23.2.